The van der Waals surface area contributed by atoms with Gasteiger partial charge in [-0.25, -0.2) is 0 Å². The van der Waals surface area contributed by atoms with Crippen molar-refractivity contribution in [3.05, 3.63) is 0 Å². The lowest BCUT2D eigenvalue weighted by atomic mass is 9.53. The lowest BCUT2D eigenvalue weighted by molar-refractivity contribution is -0.870. The smallest absolute Gasteiger partial charge is 0.0780 e. The molecule has 4 aliphatic rings. The molecule has 4 fully saturated rings. The van der Waals surface area contributed by atoms with Gasteiger partial charge in [0.1, 0.15) is 0 Å². The number of hydrogen-bond donors (Lipinski definition) is 1. The van der Waals surface area contributed by atoms with Crippen LogP contribution in [0.15, 0.2) is 0 Å². The summed E-state index contributed by atoms with van der Waals surface area (Å²) in [5.74, 6) is 3.23. The maximum atomic E-state index is 4.02. The Balaban J connectivity index is 1.37. The van der Waals surface area contributed by atoms with Crippen LogP contribution in [-0.2, 0) is 0 Å². The minimum atomic E-state index is 0.578. The van der Waals surface area contributed by atoms with Crippen molar-refractivity contribution in [2.45, 2.75) is 63.3 Å². The molecule has 0 atom stereocenters. The largest absolute Gasteiger partial charge is 0.331 e. The van der Waals surface area contributed by atoms with Gasteiger partial charge in [-0.05, 0) is 82.1 Å². The van der Waals surface area contributed by atoms with E-state index >= 15 is 0 Å². The zero-order chi connectivity index (χ0) is 14.2. The normalized spacial score (nSPS) is 39.5. The van der Waals surface area contributed by atoms with E-state index in [0.717, 1.165) is 22.2 Å². The van der Waals surface area contributed by atoms with Crippen LogP contribution in [-0.4, -0.2) is 44.3 Å². The van der Waals surface area contributed by atoms with Gasteiger partial charge >= 0.3 is 0 Å². The molecule has 0 aromatic rings. The molecule has 0 aliphatic heterocycles. The van der Waals surface area contributed by atoms with E-state index in [4.69, 9.17) is 0 Å². The number of rotatable bonds is 7. The van der Waals surface area contributed by atoms with E-state index in [1.807, 2.05) is 0 Å². The standard InChI is InChI=1S/C18H35N2/c1-20(2,3)8-6-4-5-7-19-18-12-15-9-16(13-18)11-17(10-15)14-18/h15-17,19H,4-14H2,1-3H3/q+1. The molecule has 1 N–H and O–H groups in total. The zero-order valence-electron chi connectivity index (χ0n) is 14.0. The van der Waals surface area contributed by atoms with Crippen LogP contribution >= 0.6 is 0 Å². The highest BCUT2D eigenvalue weighted by Gasteiger charge is 2.50. The van der Waals surface area contributed by atoms with Gasteiger partial charge in [0.05, 0.1) is 27.7 Å². The summed E-state index contributed by atoms with van der Waals surface area (Å²) in [4.78, 5) is 0. The average Bonchev–Trinajstić information content (AvgIpc) is 2.30. The van der Waals surface area contributed by atoms with Crippen molar-refractivity contribution in [2.75, 3.05) is 34.2 Å². The molecular formula is C18H35N2+. The van der Waals surface area contributed by atoms with Gasteiger partial charge in [0.25, 0.3) is 0 Å². The van der Waals surface area contributed by atoms with E-state index in [-0.39, 0.29) is 0 Å². The predicted molar refractivity (Wildman–Crippen MR) is 85.7 cm³/mol. The molecule has 4 aliphatic carbocycles. The van der Waals surface area contributed by atoms with Crippen LogP contribution in [0.4, 0.5) is 0 Å². The molecular weight excluding hydrogens is 244 g/mol. The zero-order valence-corrected chi connectivity index (χ0v) is 14.0. The molecule has 0 aromatic heterocycles. The van der Waals surface area contributed by atoms with Crippen molar-refractivity contribution in [3.63, 3.8) is 0 Å². The summed E-state index contributed by atoms with van der Waals surface area (Å²) >= 11 is 0. The van der Waals surface area contributed by atoms with Crippen LogP contribution in [0.3, 0.4) is 0 Å². The van der Waals surface area contributed by atoms with Crippen LogP contribution in [0.1, 0.15) is 57.8 Å². The molecule has 4 rings (SSSR count). The Bertz CT molecular complexity index is 294. The average molecular weight is 279 g/mol. The third-order valence-electron chi connectivity index (χ3n) is 6.04. The summed E-state index contributed by atoms with van der Waals surface area (Å²) in [7, 11) is 6.90. The molecule has 0 heterocycles. The van der Waals surface area contributed by atoms with Crippen LogP contribution in [0.5, 0.6) is 0 Å². The van der Waals surface area contributed by atoms with E-state index < -0.39 is 0 Å². The van der Waals surface area contributed by atoms with Gasteiger partial charge in [-0.2, -0.15) is 0 Å². The minimum Gasteiger partial charge on any atom is -0.331 e. The quantitative estimate of drug-likeness (QED) is 0.556. The number of hydrogen-bond acceptors (Lipinski definition) is 1. The third kappa shape index (κ3) is 3.57. The SMILES string of the molecule is C[N+](C)(C)CCCCCNC12CC3CC(CC(C3)C1)C2. The number of quaternary nitrogens is 1. The molecule has 4 bridgehead atoms. The topological polar surface area (TPSA) is 12.0 Å². The molecule has 0 amide bonds. The second-order valence-electron chi connectivity index (χ2n) is 9.20. The van der Waals surface area contributed by atoms with Gasteiger partial charge in [-0.15, -0.1) is 0 Å². The molecule has 0 unspecified atom stereocenters. The fourth-order valence-corrected chi connectivity index (χ4v) is 5.57. The van der Waals surface area contributed by atoms with E-state index in [9.17, 15) is 0 Å². The molecule has 0 spiro atoms. The molecule has 0 radical (unpaired) electrons. The fraction of sp³-hybridized carbons (Fsp3) is 1.00. The number of unbranched alkanes of at least 4 members (excludes halogenated alkanes) is 2. The molecule has 0 aromatic carbocycles. The van der Waals surface area contributed by atoms with Gasteiger partial charge in [0.15, 0.2) is 0 Å². The first kappa shape index (κ1) is 14.8. The Morgan fingerprint density at radius 2 is 1.40 bits per heavy atom. The summed E-state index contributed by atoms with van der Waals surface area (Å²) < 4.78 is 1.11. The summed E-state index contributed by atoms with van der Waals surface area (Å²) in [6.07, 6.45) is 13.3. The summed E-state index contributed by atoms with van der Waals surface area (Å²) in [5, 5.41) is 4.02. The monoisotopic (exact) mass is 279 g/mol. The Morgan fingerprint density at radius 3 is 1.90 bits per heavy atom. The lowest BCUT2D eigenvalue weighted by Gasteiger charge is -2.57. The highest BCUT2D eigenvalue weighted by Crippen LogP contribution is 2.55. The predicted octanol–water partition coefficient (Wildman–Crippen LogP) is 3.42. The molecule has 0 saturated heterocycles. The van der Waals surface area contributed by atoms with Crippen LogP contribution in [0.2, 0.25) is 0 Å². The van der Waals surface area contributed by atoms with Gasteiger partial charge in [-0.3, -0.25) is 0 Å². The fourth-order valence-electron chi connectivity index (χ4n) is 5.57. The Labute approximate surface area is 125 Å². The molecule has 2 heteroatoms. The maximum Gasteiger partial charge on any atom is 0.0780 e. The van der Waals surface area contributed by atoms with Crippen molar-refractivity contribution in [1.82, 2.24) is 5.32 Å². The molecule has 116 valence electrons. The van der Waals surface area contributed by atoms with E-state index in [0.29, 0.717) is 5.54 Å². The van der Waals surface area contributed by atoms with Crippen molar-refractivity contribution in [3.8, 4) is 0 Å². The number of nitrogens with one attached hydrogen (secondary N) is 1. The molecule has 20 heavy (non-hydrogen) atoms. The third-order valence-corrected chi connectivity index (χ3v) is 6.04. The van der Waals surface area contributed by atoms with E-state index in [1.165, 1.54) is 51.6 Å². The van der Waals surface area contributed by atoms with Crippen molar-refractivity contribution < 1.29 is 4.48 Å². The summed E-state index contributed by atoms with van der Waals surface area (Å²) in [6.45, 7) is 2.58. The van der Waals surface area contributed by atoms with E-state index in [1.54, 1.807) is 19.3 Å². The Morgan fingerprint density at radius 1 is 0.850 bits per heavy atom. The maximum absolute atomic E-state index is 4.02. The van der Waals surface area contributed by atoms with Crippen molar-refractivity contribution in [2.24, 2.45) is 17.8 Å². The number of nitrogens with zero attached hydrogens (tertiary/aromatic N) is 1. The first-order valence-corrected chi connectivity index (χ1v) is 9.00. The highest BCUT2D eigenvalue weighted by atomic mass is 15.3. The van der Waals surface area contributed by atoms with E-state index in [2.05, 4.69) is 26.5 Å². The van der Waals surface area contributed by atoms with Gasteiger partial charge < -0.3 is 9.80 Å². The molecule has 2 nitrogen and oxygen atoms in total. The second kappa shape index (κ2) is 5.61. The summed E-state index contributed by atoms with van der Waals surface area (Å²) in [6, 6.07) is 0. The summed E-state index contributed by atoms with van der Waals surface area (Å²) in [5.41, 5.74) is 0.578. The van der Waals surface area contributed by atoms with Gasteiger partial charge in [-0.1, -0.05) is 0 Å². The molecule has 4 saturated carbocycles. The van der Waals surface area contributed by atoms with Crippen molar-refractivity contribution >= 4 is 0 Å². The second-order valence-corrected chi connectivity index (χ2v) is 9.20. The Kier molecular flexibility index (Phi) is 4.16. The van der Waals surface area contributed by atoms with Gasteiger partial charge in [0, 0.05) is 5.54 Å². The first-order valence-electron chi connectivity index (χ1n) is 9.00. The Hall–Kier alpha value is -0.0800. The van der Waals surface area contributed by atoms with Crippen LogP contribution in [0.25, 0.3) is 0 Å². The highest BCUT2D eigenvalue weighted by molar-refractivity contribution is 5.06. The first-order chi connectivity index (χ1) is 9.44. The minimum absolute atomic E-state index is 0.578. The lowest BCUT2D eigenvalue weighted by Crippen LogP contribution is -2.58. The van der Waals surface area contributed by atoms with Crippen LogP contribution < -0.4 is 5.32 Å². The van der Waals surface area contributed by atoms with Crippen molar-refractivity contribution in [1.29, 1.82) is 0 Å². The van der Waals surface area contributed by atoms with Crippen LogP contribution in [0, 0.1) is 17.8 Å². The van der Waals surface area contributed by atoms with Gasteiger partial charge in [0.2, 0.25) is 0 Å².